The summed E-state index contributed by atoms with van der Waals surface area (Å²) >= 11 is 6.39. The first kappa shape index (κ1) is 23.3. The monoisotopic (exact) mass is 508 g/mol. The van der Waals surface area contributed by atoms with Crippen molar-refractivity contribution in [3.63, 3.8) is 0 Å². The van der Waals surface area contributed by atoms with Gasteiger partial charge < -0.3 is 9.55 Å². The summed E-state index contributed by atoms with van der Waals surface area (Å²) in [4.78, 5) is 29.3. The number of aromatic nitrogens is 2. The summed E-state index contributed by atoms with van der Waals surface area (Å²) < 4.78 is 2.06. The van der Waals surface area contributed by atoms with Crippen LogP contribution in [0, 0.1) is 0 Å². The number of carbonyl (C=O) groups is 1. The molecule has 1 aliphatic heterocycles. The van der Waals surface area contributed by atoms with Crippen LogP contribution in [0.3, 0.4) is 0 Å². The highest BCUT2D eigenvalue weighted by Gasteiger charge is 2.34. The minimum atomic E-state index is -0.295. The number of carbonyl (C=O) groups excluding carboxylic acids is 1. The van der Waals surface area contributed by atoms with E-state index in [0.29, 0.717) is 29.1 Å². The summed E-state index contributed by atoms with van der Waals surface area (Å²) in [6, 6.07) is 23.5. The van der Waals surface area contributed by atoms with Gasteiger partial charge in [-0.1, -0.05) is 48.0 Å². The van der Waals surface area contributed by atoms with Crippen LogP contribution in [-0.4, -0.2) is 26.2 Å². The van der Waals surface area contributed by atoms with Crippen molar-refractivity contribution in [2.45, 2.75) is 25.8 Å². The third kappa shape index (κ3) is 4.13. The van der Waals surface area contributed by atoms with Crippen LogP contribution >= 0.6 is 11.6 Å². The number of hydrogen-bond acceptors (Lipinski definition) is 3. The van der Waals surface area contributed by atoms with Gasteiger partial charge in [0.05, 0.1) is 17.3 Å². The molecule has 0 radical (unpaired) electrons. The van der Waals surface area contributed by atoms with Gasteiger partial charge in [0, 0.05) is 48.0 Å². The Morgan fingerprint density at radius 3 is 2.68 bits per heavy atom. The van der Waals surface area contributed by atoms with Gasteiger partial charge in [-0.15, -0.1) is 0 Å². The van der Waals surface area contributed by atoms with Gasteiger partial charge in [-0.25, -0.2) is 5.01 Å². The highest BCUT2D eigenvalue weighted by molar-refractivity contribution is 6.31. The number of amides is 1. The van der Waals surface area contributed by atoms with Crippen LogP contribution in [0.2, 0.25) is 5.02 Å². The number of fused-ring (bicyclic) bond motifs is 2. The lowest BCUT2D eigenvalue weighted by Gasteiger charge is -2.20. The quantitative estimate of drug-likeness (QED) is 0.325. The van der Waals surface area contributed by atoms with Gasteiger partial charge in [0.1, 0.15) is 0 Å². The second-order valence-corrected chi connectivity index (χ2v) is 9.97. The molecule has 184 valence electrons. The van der Waals surface area contributed by atoms with Crippen LogP contribution in [0.4, 0.5) is 0 Å². The molecule has 7 heteroatoms. The molecular formula is C30H25ClN4O2. The van der Waals surface area contributed by atoms with E-state index >= 15 is 0 Å². The first-order chi connectivity index (χ1) is 17.9. The molecule has 0 saturated carbocycles. The fourth-order valence-electron chi connectivity index (χ4n) is 5.34. The Morgan fingerprint density at radius 2 is 1.89 bits per heavy atom. The standard InChI is InChI=1S/C30H25ClN4O2/c1-18(36)35-28(20-8-11-27-21(15-20)12-13-34(27)2)17-26(33-35)29-24(14-19-6-4-3-5-7-19)23-16-22(31)9-10-25(23)32-30(29)37/h3-13,15-16,28H,14,17H2,1-2H3,(H,32,37). The number of H-pyrrole nitrogens is 1. The molecule has 1 N–H and O–H groups in total. The summed E-state index contributed by atoms with van der Waals surface area (Å²) in [5.41, 5.74) is 5.63. The van der Waals surface area contributed by atoms with E-state index < -0.39 is 0 Å². The fourth-order valence-corrected chi connectivity index (χ4v) is 5.51. The Kier molecular flexibility index (Phi) is 5.69. The minimum Gasteiger partial charge on any atom is -0.351 e. The van der Waals surface area contributed by atoms with Crippen LogP contribution in [0.5, 0.6) is 0 Å². The molecule has 1 amide bonds. The van der Waals surface area contributed by atoms with E-state index in [1.54, 1.807) is 6.07 Å². The Balaban J connectivity index is 1.50. The van der Waals surface area contributed by atoms with Crippen LogP contribution in [0.15, 0.2) is 88.9 Å². The molecule has 0 spiro atoms. The van der Waals surface area contributed by atoms with Crippen LogP contribution in [0.25, 0.3) is 21.8 Å². The molecule has 0 fully saturated rings. The van der Waals surface area contributed by atoms with Crippen molar-refractivity contribution < 1.29 is 4.79 Å². The molecule has 2 aromatic heterocycles. The Labute approximate surface area is 218 Å². The molecule has 5 aromatic rings. The van der Waals surface area contributed by atoms with Crippen molar-refractivity contribution in [1.29, 1.82) is 0 Å². The SMILES string of the molecule is CC(=O)N1N=C(c2c(Cc3ccccc3)c3cc(Cl)ccc3[nH]c2=O)CC1c1ccc2c(ccn2C)c1. The number of benzene rings is 3. The number of nitrogens with zero attached hydrogens (tertiary/aromatic N) is 3. The van der Waals surface area contributed by atoms with E-state index in [0.717, 1.165) is 38.5 Å². The van der Waals surface area contributed by atoms with E-state index in [1.165, 1.54) is 11.9 Å². The Hall–Kier alpha value is -4.16. The van der Waals surface area contributed by atoms with Gasteiger partial charge in [-0.3, -0.25) is 9.59 Å². The minimum absolute atomic E-state index is 0.168. The number of halogens is 1. The van der Waals surface area contributed by atoms with Crippen LogP contribution in [-0.2, 0) is 18.3 Å². The number of aryl methyl sites for hydroxylation is 1. The summed E-state index contributed by atoms with van der Waals surface area (Å²) in [5, 5.41) is 8.80. The van der Waals surface area contributed by atoms with Crippen molar-refractivity contribution in [2.24, 2.45) is 12.1 Å². The van der Waals surface area contributed by atoms with Gasteiger partial charge in [0.15, 0.2) is 0 Å². The molecule has 0 aliphatic carbocycles. The van der Waals surface area contributed by atoms with Crippen molar-refractivity contribution in [2.75, 3.05) is 0 Å². The van der Waals surface area contributed by atoms with Crippen LogP contribution in [0.1, 0.15) is 41.6 Å². The van der Waals surface area contributed by atoms with E-state index in [-0.39, 0.29) is 17.5 Å². The van der Waals surface area contributed by atoms with E-state index in [4.69, 9.17) is 16.7 Å². The molecule has 37 heavy (non-hydrogen) atoms. The summed E-state index contributed by atoms with van der Waals surface area (Å²) in [6.45, 7) is 1.51. The number of hydrogen-bond donors (Lipinski definition) is 1. The Morgan fingerprint density at radius 1 is 1.08 bits per heavy atom. The zero-order valence-corrected chi connectivity index (χ0v) is 21.3. The first-order valence-corrected chi connectivity index (χ1v) is 12.6. The molecule has 6 rings (SSSR count). The topological polar surface area (TPSA) is 70.5 Å². The van der Waals surface area contributed by atoms with Crippen LogP contribution < -0.4 is 5.56 Å². The molecule has 0 bridgehead atoms. The highest BCUT2D eigenvalue weighted by atomic mass is 35.5. The normalized spacial score (nSPS) is 15.5. The molecule has 3 aromatic carbocycles. The number of hydrazone groups is 1. The zero-order valence-electron chi connectivity index (χ0n) is 20.5. The summed E-state index contributed by atoms with van der Waals surface area (Å²) in [6.07, 6.45) is 2.99. The van der Waals surface area contributed by atoms with E-state index in [2.05, 4.69) is 27.8 Å². The summed E-state index contributed by atoms with van der Waals surface area (Å²) in [7, 11) is 2.01. The third-order valence-electron chi connectivity index (χ3n) is 7.12. The number of pyridine rings is 1. The van der Waals surface area contributed by atoms with Crippen molar-refractivity contribution in [3.8, 4) is 0 Å². The predicted molar refractivity (Wildman–Crippen MR) is 148 cm³/mol. The highest BCUT2D eigenvalue weighted by Crippen LogP contribution is 2.36. The fraction of sp³-hybridized carbons (Fsp3) is 0.167. The third-order valence-corrected chi connectivity index (χ3v) is 7.36. The van der Waals surface area contributed by atoms with Gasteiger partial charge >= 0.3 is 0 Å². The van der Waals surface area contributed by atoms with Gasteiger partial charge in [-0.05, 0) is 64.9 Å². The van der Waals surface area contributed by atoms with Gasteiger partial charge in [0.2, 0.25) is 5.91 Å². The Bertz CT molecular complexity index is 1770. The second kappa shape index (κ2) is 9.05. The molecule has 1 atom stereocenters. The molecule has 1 unspecified atom stereocenters. The lowest BCUT2D eigenvalue weighted by molar-refractivity contribution is -0.130. The second-order valence-electron chi connectivity index (χ2n) is 9.54. The smallest absolute Gasteiger partial charge is 0.257 e. The molecular weight excluding hydrogens is 484 g/mol. The maximum Gasteiger partial charge on any atom is 0.257 e. The largest absolute Gasteiger partial charge is 0.351 e. The maximum absolute atomic E-state index is 13.5. The average Bonchev–Trinajstić information content (AvgIpc) is 3.49. The summed E-state index contributed by atoms with van der Waals surface area (Å²) in [5.74, 6) is -0.168. The number of aromatic amines is 1. The van der Waals surface area contributed by atoms with Crippen molar-refractivity contribution in [1.82, 2.24) is 14.6 Å². The molecule has 3 heterocycles. The van der Waals surface area contributed by atoms with Gasteiger partial charge in [-0.2, -0.15) is 5.10 Å². The molecule has 1 aliphatic rings. The van der Waals surface area contributed by atoms with Gasteiger partial charge in [0.25, 0.3) is 5.56 Å². The average molecular weight is 509 g/mol. The van der Waals surface area contributed by atoms with E-state index in [1.807, 2.05) is 61.8 Å². The maximum atomic E-state index is 13.5. The number of nitrogens with one attached hydrogen (secondary N) is 1. The lowest BCUT2D eigenvalue weighted by atomic mass is 9.91. The molecule has 6 nitrogen and oxygen atoms in total. The van der Waals surface area contributed by atoms with E-state index in [9.17, 15) is 9.59 Å². The zero-order chi connectivity index (χ0) is 25.7. The molecule has 0 saturated heterocycles. The van der Waals surface area contributed by atoms with Crippen molar-refractivity contribution >= 4 is 45.0 Å². The van der Waals surface area contributed by atoms with Crippen molar-refractivity contribution in [3.05, 3.63) is 117 Å². The first-order valence-electron chi connectivity index (χ1n) is 12.2. The predicted octanol–water partition coefficient (Wildman–Crippen LogP) is 5.96. The lowest BCUT2D eigenvalue weighted by Crippen LogP contribution is -2.24. The number of rotatable bonds is 4.